The van der Waals surface area contributed by atoms with Gasteiger partial charge in [-0.15, -0.1) is 5.10 Å². The van der Waals surface area contributed by atoms with E-state index in [1.807, 2.05) is 41.1 Å². The molecule has 0 bridgehead atoms. The van der Waals surface area contributed by atoms with Crippen LogP contribution in [0.1, 0.15) is 33.9 Å². The largest absolute Gasteiger partial charge is 0.508 e. The van der Waals surface area contributed by atoms with E-state index in [0.717, 1.165) is 32.6 Å². The van der Waals surface area contributed by atoms with Gasteiger partial charge in [-0.2, -0.15) is 0 Å². The number of pyridine rings is 1. The number of hydrogen-bond acceptors (Lipinski definition) is 6. The molecule has 2 aromatic heterocycles. The lowest BCUT2D eigenvalue weighted by Gasteiger charge is -2.25. The molecule has 3 aromatic carbocycles. The second-order valence-electron chi connectivity index (χ2n) is 8.35. The summed E-state index contributed by atoms with van der Waals surface area (Å²) in [5.74, 6) is 0.778. The Labute approximate surface area is 200 Å². The number of aromatic hydroxyl groups is 1. The summed E-state index contributed by atoms with van der Waals surface area (Å²) in [6.45, 7) is 2.05. The van der Waals surface area contributed by atoms with Crippen LogP contribution < -0.4 is 0 Å². The number of rotatable bonds is 4. The normalized spacial score (nSPS) is 14.6. The van der Waals surface area contributed by atoms with Crippen LogP contribution in [0.3, 0.4) is 0 Å². The molecule has 0 saturated carbocycles. The number of aromatic nitrogens is 4. The van der Waals surface area contributed by atoms with Crippen molar-refractivity contribution in [3.05, 3.63) is 95.6 Å². The molecule has 1 atom stereocenters. The number of para-hydroxylation sites is 1. The van der Waals surface area contributed by atoms with Crippen molar-refractivity contribution >= 4 is 28.4 Å². The first-order valence-electron chi connectivity index (χ1n) is 11.0. The van der Waals surface area contributed by atoms with Crippen LogP contribution in [-0.2, 0) is 0 Å². The molecule has 1 aliphatic heterocycles. The molecule has 6 nitrogen and oxygen atoms in total. The Morgan fingerprint density at radius 2 is 1.79 bits per heavy atom. The molecule has 1 N–H and O–H groups in total. The highest BCUT2D eigenvalue weighted by molar-refractivity contribution is 7.99. The number of Topliss-reactive ketones (excluding diaryl/α,β-unsaturated/α-hetero) is 1. The summed E-state index contributed by atoms with van der Waals surface area (Å²) in [6.07, 6.45) is 0.252. The van der Waals surface area contributed by atoms with E-state index in [0.29, 0.717) is 16.5 Å². The average Bonchev–Trinajstić information content (AvgIpc) is 3.28. The maximum absolute atomic E-state index is 13.2. The molecule has 5 aromatic rings. The molecule has 34 heavy (non-hydrogen) atoms. The molecule has 0 amide bonds. The van der Waals surface area contributed by atoms with Crippen LogP contribution in [0.2, 0.25) is 0 Å². The lowest BCUT2D eigenvalue weighted by molar-refractivity contribution is 0.0964. The van der Waals surface area contributed by atoms with Crippen LogP contribution in [-0.4, -0.2) is 30.6 Å². The van der Waals surface area contributed by atoms with Gasteiger partial charge in [0, 0.05) is 28.5 Å². The van der Waals surface area contributed by atoms with Gasteiger partial charge < -0.3 is 5.11 Å². The van der Waals surface area contributed by atoms with Gasteiger partial charge >= 0.3 is 0 Å². The molecular formula is C27H20N4O2S. The molecule has 166 valence electrons. The third-order valence-electron chi connectivity index (χ3n) is 6.08. The third-order valence-corrected chi connectivity index (χ3v) is 7.06. The van der Waals surface area contributed by atoms with E-state index in [4.69, 9.17) is 15.1 Å². The van der Waals surface area contributed by atoms with Crippen molar-refractivity contribution in [3.8, 4) is 17.1 Å². The fourth-order valence-electron chi connectivity index (χ4n) is 4.31. The number of phenolic OH excluding ortho intramolecular Hbond substituents is 1. The highest BCUT2D eigenvalue weighted by atomic mass is 32.2. The number of benzene rings is 3. The van der Waals surface area contributed by atoms with Gasteiger partial charge in [0.2, 0.25) is 0 Å². The fourth-order valence-corrected chi connectivity index (χ4v) is 5.33. The summed E-state index contributed by atoms with van der Waals surface area (Å²) < 4.78 is 1.85. The van der Waals surface area contributed by atoms with E-state index in [9.17, 15) is 9.90 Å². The monoisotopic (exact) mass is 464 g/mol. The first kappa shape index (κ1) is 20.6. The van der Waals surface area contributed by atoms with Crippen molar-refractivity contribution in [2.75, 3.05) is 0 Å². The summed E-state index contributed by atoms with van der Waals surface area (Å²) in [6, 6.07) is 24.1. The molecule has 0 aliphatic carbocycles. The number of phenols is 1. The minimum absolute atomic E-state index is 0.0421. The molecule has 1 unspecified atom stereocenters. The second-order valence-corrected chi connectivity index (χ2v) is 9.31. The van der Waals surface area contributed by atoms with Crippen LogP contribution in [0.4, 0.5) is 0 Å². The maximum atomic E-state index is 13.2. The molecule has 3 heterocycles. The van der Waals surface area contributed by atoms with Gasteiger partial charge in [0.15, 0.2) is 16.8 Å². The van der Waals surface area contributed by atoms with E-state index in [1.165, 1.54) is 11.8 Å². The van der Waals surface area contributed by atoms with Crippen LogP contribution in [0.5, 0.6) is 5.75 Å². The Bertz CT molecular complexity index is 1550. The van der Waals surface area contributed by atoms with Gasteiger partial charge in [-0.3, -0.25) is 4.79 Å². The zero-order valence-electron chi connectivity index (χ0n) is 18.3. The number of nitrogens with zero attached hydrogens (tertiary/aromatic N) is 4. The minimum Gasteiger partial charge on any atom is -0.508 e. The number of fused-ring (bicyclic) bond motifs is 3. The van der Waals surface area contributed by atoms with E-state index < -0.39 is 0 Å². The second kappa shape index (κ2) is 8.11. The van der Waals surface area contributed by atoms with Crippen LogP contribution in [0.15, 0.2) is 89.0 Å². The molecule has 6 rings (SSSR count). The van der Waals surface area contributed by atoms with Crippen molar-refractivity contribution < 1.29 is 9.90 Å². The van der Waals surface area contributed by atoms with Gasteiger partial charge in [0.1, 0.15) is 10.8 Å². The summed E-state index contributed by atoms with van der Waals surface area (Å²) in [7, 11) is 0. The highest BCUT2D eigenvalue weighted by Crippen LogP contribution is 2.43. The maximum Gasteiger partial charge on any atom is 0.193 e. The topological polar surface area (TPSA) is 80.9 Å². The first-order valence-corrected chi connectivity index (χ1v) is 11.8. The predicted molar refractivity (Wildman–Crippen MR) is 131 cm³/mol. The molecular weight excluding hydrogens is 444 g/mol. The Morgan fingerprint density at radius 3 is 2.59 bits per heavy atom. The summed E-state index contributed by atoms with van der Waals surface area (Å²) in [5, 5.41) is 17.0. The van der Waals surface area contributed by atoms with Crippen molar-refractivity contribution in [2.45, 2.75) is 29.6 Å². The minimum atomic E-state index is -0.324. The van der Waals surface area contributed by atoms with E-state index >= 15 is 0 Å². The highest BCUT2D eigenvalue weighted by Gasteiger charge is 2.32. The fraction of sp³-hybridized carbons (Fsp3) is 0.111. The van der Waals surface area contributed by atoms with Gasteiger partial charge in [0.05, 0.1) is 11.6 Å². The Morgan fingerprint density at radius 1 is 1.00 bits per heavy atom. The van der Waals surface area contributed by atoms with Gasteiger partial charge in [-0.1, -0.05) is 48.5 Å². The predicted octanol–water partition coefficient (Wildman–Crippen LogP) is 5.83. The molecule has 0 radical (unpaired) electrons. The van der Waals surface area contributed by atoms with Crippen LogP contribution in [0, 0.1) is 6.92 Å². The van der Waals surface area contributed by atoms with Crippen molar-refractivity contribution in [1.82, 2.24) is 19.7 Å². The lowest BCUT2D eigenvalue weighted by atomic mass is 9.97. The van der Waals surface area contributed by atoms with Gasteiger partial charge in [0.25, 0.3) is 0 Å². The Kier molecular flexibility index (Phi) is 4.92. The van der Waals surface area contributed by atoms with E-state index in [2.05, 4.69) is 25.1 Å². The standard InChI is InChI=1S/C27H20N4O2S/c1-16-6-5-9-19-14-21-22(15-23(33)17-7-3-2-4-8-17)31-27(34-26(21)28-24(16)19)29-25(30-31)18-10-12-20(32)13-11-18/h2-14,22,32H,15H2,1H3. The van der Waals surface area contributed by atoms with Crippen molar-refractivity contribution in [3.63, 3.8) is 0 Å². The molecule has 1 aliphatic rings. The SMILES string of the molecule is Cc1cccc2cc3c(nc12)Sc1nc(-c2ccc(O)cc2)nn1C3CC(=O)c1ccccc1. The van der Waals surface area contributed by atoms with Crippen molar-refractivity contribution in [2.24, 2.45) is 0 Å². The first-order chi connectivity index (χ1) is 16.6. The summed E-state index contributed by atoms with van der Waals surface area (Å²) in [5.41, 5.74) is 4.50. The van der Waals surface area contributed by atoms with Gasteiger partial charge in [-0.25, -0.2) is 14.6 Å². The smallest absolute Gasteiger partial charge is 0.193 e. The lowest BCUT2D eigenvalue weighted by Crippen LogP contribution is -2.21. The summed E-state index contributed by atoms with van der Waals surface area (Å²) >= 11 is 1.47. The quantitative estimate of drug-likeness (QED) is 0.337. The Hall–Kier alpha value is -3.97. The van der Waals surface area contributed by atoms with Crippen LogP contribution >= 0.6 is 11.8 Å². The van der Waals surface area contributed by atoms with Crippen molar-refractivity contribution in [1.29, 1.82) is 0 Å². The number of hydrogen-bond donors (Lipinski definition) is 1. The molecule has 0 saturated heterocycles. The molecule has 0 fully saturated rings. The third kappa shape index (κ3) is 3.54. The number of aryl methyl sites for hydroxylation is 1. The van der Waals surface area contributed by atoms with Crippen LogP contribution in [0.25, 0.3) is 22.3 Å². The zero-order valence-corrected chi connectivity index (χ0v) is 19.2. The average molecular weight is 465 g/mol. The molecule has 0 spiro atoms. The Balaban J connectivity index is 1.49. The van der Waals surface area contributed by atoms with E-state index in [-0.39, 0.29) is 24.0 Å². The number of carbonyl (C=O) groups is 1. The number of carbonyl (C=O) groups excluding carboxylic acids is 1. The summed E-state index contributed by atoms with van der Waals surface area (Å²) in [4.78, 5) is 23.0. The van der Waals surface area contributed by atoms with Gasteiger partial charge in [-0.05, 0) is 54.6 Å². The molecule has 7 heteroatoms. The van der Waals surface area contributed by atoms with E-state index in [1.54, 1.807) is 24.3 Å². The zero-order chi connectivity index (χ0) is 23.2. The number of ketones is 1.